The maximum absolute atomic E-state index is 12.3. The highest BCUT2D eigenvalue weighted by atomic mass is 32.2. The van der Waals surface area contributed by atoms with E-state index in [0.717, 1.165) is 18.5 Å². The number of nitrogens with zero attached hydrogens (tertiary/aromatic N) is 1. The third-order valence-electron chi connectivity index (χ3n) is 3.41. The smallest absolute Gasteiger partial charge is 0.301 e. The summed E-state index contributed by atoms with van der Waals surface area (Å²) in [5.41, 5.74) is 1.60. The zero-order valence-corrected chi connectivity index (χ0v) is 14.2. The Morgan fingerprint density at radius 3 is 2.33 bits per heavy atom. The van der Waals surface area contributed by atoms with Crippen LogP contribution in [0.5, 0.6) is 0 Å². The van der Waals surface area contributed by atoms with Crippen LogP contribution in [-0.2, 0) is 10.2 Å². The lowest BCUT2D eigenvalue weighted by atomic mass is 10.1. The summed E-state index contributed by atoms with van der Waals surface area (Å²) >= 11 is 0. The number of para-hydroxylation sites is 1. The maximum atomic E-state index is 12.3. The van der Waals surface area contributed by atoms with Crippen molar-refractivity contribution in [2.45, 2.75) is 40.2 Å². The average molecular weight is 313 g/mol. The van der Waals surface area contributed by atoms with Crippen LogP contribution in [0, 0.1) is 0 Å². The van der Waals surface area contributed by atoms with Gasteiger partial charge in [-0.3, -0.25) is 4.72 Å². The Kier molecular flexibility index (Phi) is 7.14. The highest BCUT2D eigenvalue weighted by molar-refractivity contribution is 7.90. The summed E-state index contributed by atoms with van der Waals surface area (Å²) in [7, 11) is -3.50. The monoisotopic (exact) mass is 313 g/mol. The fourth-order valence-electron chi connectivity index (χ4n) is 2.21. The quantitative estimate of drug-likeness (QED) is 0.737. The molecule has 1 atom stereocenters. The van der Waals surface area contributed by atoms with Gasteiger partial charge in [0.1, 0.15) is 0 Å². The third kappa shape index (κ3) is 4.98. The Morgan fingerprint density at radius 2 is 1.76 bits per heavy atom. The largest absolute Gasteiger partial charge is 0.310 e. The van der Waals surface area contributed by atoms with Crippen molar-refractivity contribution in [1.82, 2.24) is 9.62 Å². The first-order chi connectivity index (χ1) is 9.96. The second-order valence-corrected chi connectivity index (χ2v) is 6.63. The zero-order chi connectivity index (χ0) is 15.9. The number of hydrogen-bond donors (Lipinski definition) is 2. The van der Waals surface area contributed by atoms with Gasteiger partial charge >= 0.3 is 10.2 Å². The van der Waals surface area contributed by atoms with Crippen LogP contribution in [0.15, 0.2) is 24.3 Å². The van der Waals surface area contributed by atoms with Crippen molar-refractivity contribution >= 4 is 15.9 Å². The SMILES string of the molecule is CCCNC(C)c1ccccc1NS(=O)(=O)N(CC)CC. The van der Waals surface area contributed by atoms with Crippen LogP contribution in [0.1, 0.15) is 45.7 Å². The lowest BCUT2D eigenvalue weighted by Crippen LogP contribution is -2.36. The number of anilines is 1. The molecule has 5 nitrogen and oxygen atoms in total. The van der Waals surface area contributed by atoms with Crippen molar-refractivity contribution in [1.29, 1.82) is 0 Å². The predicted molar refractivity (Wildman–Crippen MR) is 88.6 cm³/mol. The predicted octanol–water partition coefficient (Wildman–Crippen LogP) is 2.75. The summed E-state index contributed by atoms with van der Waals surface area (Å²) in [6.45, 7) is 9.63. The van der Waals surface area contributed by atoms with Crippen LogP contribution in [-0.4, -0.2) is 32.4 Å². The normalized spacial score (nSPS) is 13.4. The van der Waals surface area contributed by atoms with E-state index >= 15 is 0 Å². The van der Waals surface area contributed by atoms with Crippen molar-refractivity contribution < 1.29 is 8.42 Å². The topological polar surface area (TPSA) is 61.4 Å². The Balaban J connectivity index is 2.98. The molecule has 0 spiro atoms. The molecule has 0 saturated heterocycles. The van der Waals surface area contributed by atoms with Crippen LogP contribution in [0.25, 0.3) is 0 Å². The molecule has 0 bridgehead atoms. The molecule has 0 aromatic heterocycles. The minimum atomic E-state index is -3.50. The van der Waals surface area contributed by atoms with Gasteiger partial charge in [0, 0.05) is 19.1 Å². The maximum Gasteiger partial charge on any atom is 0.301 e. The summed E-state index contributed by atoms with van der Waals surface area (Å²) in [4.78, 5) is 0. The molecular formula is C15H27N3O2S. The lowest BCUT2D eigenvalue weighted by Gasteiger charge is -2.23. The molecule has 2 N–H and O–H groups in total. The molecule has 0 saturated carbocycles. The molecule has 120 valence electrons. The summed E-state index contributed by atoms with van der Waals surface area (Å²) in [5, 5.41) is 3.38. The van der Waals surface area contributed by atoms with Crippen molar-refractivity contribution in [3.8, 4) is 0 Å². The summed E-state index contributed by atoms with van der Waals surface area (Å²) in [6, 6.07) is 7.62. The first kappa shape index (κ1) is 17.9. The van der Waals surface area contributed by atoms with Crippen LogP contribution in [0.3, 0.4) is 0 Å². The number of rotatable bonds is 9. The van der Waals surface area contributed by atoms with Gasteiger partial charge in [-0.15, -0.1) is 0 Å². The van der Waals surface area contributed by atoms with E-state index in [1.54, 1.807) is 6.07 Å². The summed E-state index contributed by atoms with van der Waals surface area (Å²) in [6.07, 6.45) is 1.04. The molecule has 1 aromatic carbocycles. The van der Waals surface area contributed by atoms with E-state index in [-0.39, 0.29) is 6.04 Å². The molecule has 21 heavy (non-hydrogen) atoms. The van der Waals surface area contributed by atoms with Crippen molar-refractivity contribution in [3.63, 3.8) is 0 Å². The Bertz CT molecular complexity index is 527. The first-order valence-corrected chi connectivity index (χ1v) is 9.00. The van der Waals surface area contributed by atoms with Gasteiger partial charge in [-0.05, 0) is 31.5 Å². The molecule has 1 rings (SSSR count). The van der Waals surface area contributed by atoms with E-state index in [1.165, 1.54) is 4.31 Å². The number of benzene rings is 1. The van der Waals surface area contributed by atoms with Gasteiger partial charge < -0.3 is 5.32 Å². The van der Waals surface area contributed by atoms with Crippen LogP contribution in [0.2, 0.25) is 0 Å². The molecule has 6 heteroatoms. The number of nitrogens with one attached hydrogen (secondary N) is 2. The first-order valence-electron chi connectivity index (χ1n) is 7.56. The molecule has 0 heterocycles. The molecule has 0 aliphatic carbocycles. The van der Waals surface area contributed by atoms with E-state index in [1.807, 2.05) is 39.0 Å². The van der Waals surface area contributed by atoms with Gasteiger partial charge in [-0.25, -0.2) is 0 Å². The standard InChI is InChI=1S/C15H27N3O2S/c1-5-12-16-13(4)14-10-8-9-11-15(14)17-21(19,20)18(6-2)7-3/h8-11,13,16-17H,5-7,12H2,1-4H3. The highest BCUT2D eigenvalue weighted by Gasteiger charge is 2.20. The molecule has 0 aliphatic rings. The van der Waals surface area contributed by atoms with Gasteiger partial charge in [0.05, 0.1) is 5.69 Å². The van der Waals surface area contributed by atoms with Crippen molar-refractivity contribution in [2.24, 2.45) is 0 Å². The molecule has 0 radical (unpaired) electrons. The highest BCUT2D eigenvalue weighted by Crippen LogP contribution is 2.24. The van der Waals surface area contributed by atoms with Crippen molar-refractivity contribution in [3.05, 3.63) is 29.8 Å². The molecule has 0 fully saturated rings. The van der Waals surface area contributed by atoms with Crippen LogP contribution >= 0.6 is 0 Å². The fourth-order valence-corrected chi connectivity index (χ4v) is 3.48. The van der Waals surface area contributed by atoms with Crippen molar-refractivity contribution in [2.75, 3.05) is 24.4 Å². The molecule has 0 aliphatic heterocycles. The van der Waals surface area contributed by atoms with Gasteiger partial charge in [-0.1, -0.05) is 39.0 Å². The molecule has 1 unspecified atom stereocenters. The third-order valence-corrected chi connectivity index (χ3v) is 5.09. The van der Waals surface area contributed by atoms with E-state index in [0.29, 0.717) is 18.8 Å². The summed E-state index contributed by atoms with van der Waals surface area (Å²) in [5.74, 6) is 0. The van der Waals surface area contributed by atoms with E-state index in [9.17, 15) is 8.42 Å². The minimum absolute atomic E-state index is 0.0977. The molecular weight excluding hydrogens is 286 g/mol. The van der Waals surface area contributed by atoms with E-state index < -0.39 is 10.2 Å². The second kappa shape index (κ2) is 8.36. The van der Waals surface area contributed by atoms with Gasteiger partial charge in [0.25, 0.3) is 0 Å². The second-order valence-electron chi connectivity index (χ2n) is 4.95. The van der Waals surface area contributed by atoms with E-state index in [2.05, 4.69) is 17.0 Å². The van der Waals surface area contributed by atoms with Crippen LogP contribution < -0.4 is 10.0 Å². The lowest BCUT2D eigenvalue weighted by molar-refractivity contribution is 0.449. The van der Waals surface area contributed by atoms with Gasteiger partial charge in [-0.2, -0.15) is 12.7 Å². The molecule has 0 amide bonds. The Labute approximate surface area is 128 Å². The average Bonchev–Trinajstić information content (AvgIpc) is 2.45. The molecule has 1 aromatic rings. The Hall–Kier alpha value is -1.11. The Morgan fingerprint density at radius 1 is 1.14 bits per heavy atom. The van der Waals surface area contributed by atoms with Crippen LogP contribution in [0.4, 0.5) is 5.69 Å². The van der Waals surface area contributed by atoms with E-state index in [4.69, 9.17) is 0 Å². The van der Waals surface area contributed by atoms with Gasteiger partial charge in [0.2, 0.25) is 0 Å². The fraction of sp³-hybridized carbons (Fsp3) is 0.600. The zero-order valence-electron chi connectivity index (χ0n) is 13.4. The minimum Gasteiger partial charge on any atom is -0.310 e. The number of hydrogen-bond acceptors (Lipinski definition) is 3. The van der Waals surface area contributed by atoms with Gasteiger partial charge in [0.15, 0.2) is 0 Å². The summed E-state index contributed by atoms with van der Waals surface area (Å²) < 4.78 is 28.8.